The van der Waals surface area contributed by atoms with Crippen LogP contribution in [0.25, 0.3) is 0 Å². The summed E-state index contributed by atoms with van der Waals surface area (Å²) in [5, 5.41) is 0. The topological polar surface area (TPSA) is 3.24 Å². The lowest BCUT2D eigenvalue weighted by Crippen LogP contribution is -2.44. The standard InChI is InChI=1S/C10H21N/c1-8(9-6-7-9)11(5)10(2,3)4/h8-9H,6-7H2,1-5H3. The Labute approximate surface area is 70.8 Å². The summed E-state index contributed by atoms with van der Waals surface area (Å²) in [6, 6.07) is 0.773. The first-order valence-electron chi connectivity index (χ1n) is 4.66. The summed E-state index contributed by atoms with van der Waals surface area (Å²) in [6.07, 6.45) is 2.89. The molecular weight excluding hydrogens is 134 g/mol. The minimum Gasteiger partial charge on any atom is -0.299 e. The first-order valence-corrected chi connectivity index (χ1v) is 4.66. The van der Waals surface area contributed by atoms with Crippen LogP contribution in [0.15, 0.2) is 0 Å². The Balaban J connectivity index is 2.45. The molecule has 0 bridgehead atoms. The zero-order valence-electron chi connectivity index (χ0n) is 8.52. The van der Waals surface area contributed by atoms with Crippen LogP contribution in [0, 0.1) is 5.92 Å². The fourth-order valence-electron chi connectivity index (χ4n) is 1.51. The van der Waals surface area contributed by atoms with Crippen LogP contribution < -0.4 is 0 Å². The minimum absolute atomic E-state index is 0.335. The average Bonchev–Trinajstić information content (AvgIpc) is 2.63. The van der Waals surface area contributed by atoms with Gasteiger partial charge in [-0.15, -0.1) is 0 Å². The third-order valence-electron chi connectivity index (χ3n) is 2.97. The predicted molar refractivity (Wildman–Crippen MR) is 49.7 cm³/mol. The second-order valence-corrected chi connectivity index (χ2v) is 4.86. The summed E-state index contributed by atoms with van der Waals surface area (Å²) < 4.78 is 0. The first kappa shape index (κ1) is 9.05. The van der Waals surface area contributed by atoms with Gasteiger partial charge in [0.1, 0.15) is 0 Å². The highest BCUT2D eigenvalue weighted by Gasteiger charge is 2.34. The van der Waals surface area contributed by atoms with E-state index in [0.29, 0.717) is 5.54 Å². The Morgan fingerprint density at radius 2 is 1.73 bits per heavy atom. The SMILES string of the molecule is CC(C1CC1)N(C)C(C)(C)C. The second-order valence-electron chi connectivity index (χ2n) is 4.86. The molecule has 1 fully saturated rings. The Morgan fingerprint density at radius 1 is 1.27 bits per heavy atom. The highest BCUT2D eigenvalue weighted by molar-refractivity contribution is 4.88. The molecule has 1 heteroatoms. The molecule has 0 heterocycles. The second kappa shape index (κ2) is 2.78. The fourth-order valence-corrected chi connectivity index (χ4v) is 1.51. The molecule has 11 heavy (non-hydrogen) atoms. The van der Waals surface area contributed by atoms with E-state index in [2.05, 4.69) is 39.6 Å². The molecule has 0 saturated heterocycles. The van der Waals surface area contributed by atoms with Gasteiger partial charge in [0.15, 0.2) is 0 Å². The molecule has 0 aromatic rings. The van der Waals surface area contributed by atoms with Crippen molar-refractivity contribution in [2.75, 3.05) is 7.05 Å². The third kappa shape index (κ3) is 2.19. The number of hydrogen-bond donors (Lipinski definition) is 0. The van der Waals surface area contributed by atoms with Crippen molar-refractivity contribution in [3.63, 3.8) is 0 Å². The molecule has 1 rings (SSSR count). The first-order chi connectivity index (χ1) is 4.93. The summed E-state index contributed by atoms with van der Waals surface area (Å²) in [6.45, 7) is 9.20. The molecule has 1 aliphatic carbocycles. The highest BCUT2D eigenvalue weighted by Crippen LogP contribution is 2.36. The molecule has 0 radical (unpaired) electrons. The Bertz CT molecular complexity index is 130. The van der Waals surface area contributed by atoms with E-state index in [0.717, 1.165) is 12.0 Å². The van der Waals surface area contributed by atoms with E-state index in [-0.39, 0.29) is 0 Å². The van der Waals surface area contributed by atoms with Gasteiger partial charge in [0.2, 0.25) is 0 Å². The van der Waals surface area contributed by atoms with Gasteiger partial charge >= 0.3 is 0 Å². The van der Waals surface area contributed by atoms with Crippen LogP contribution in [0.5, 0.6) is 0 Å². The van der Waals surface area contributed by atoms with Gasteiger partial charge in [0.05, 0.1) is 0 Å². The van der Waals surface area contributed by atoms with Gasteiger partial charge in [0.25, 0.3) is 0 Å². The van der Waals surface area contributed by atoms with Crippen LogP contribution in [-0.4, -0.2) is 23.5 Å². The fraction of sp³-hybridized carbons (Fsp3) is 1.00. The summed E-state index contributed by atoms with van der Waals surface area (Å²) in [4.78, 5) is 2.49. The van der Waals surface area contributed by atoms with E-state index < -0.39 is 0 Å². The van der Waals surface area contributed by atoms with Crippen molar-refractivity contribution in [2.24, 2.45) is 5.92 Å². The Morgan fingerprint density at radius 3 is 2.00 bits per heavy atom. The van der Waals surface area contributed by atoms with Crippen molar-refractivity contribution in [1.82, 2.24) is 4.90 Å². The molecule has 0 spiro atoms. The van der Waals surface area contributed by atoms with E-state index in [1.807, 2.05) is 0 Å². The maximum Gasteiger partial charge on any atom is 0.0124 e. The molecule has 1 saturated carbocycles. The monoisotopic (exact) mass is 155 g/mol. The number of rotatable bonds is 2. The molecule has 1 atom stereocenters. The third-order valence-corrected chi connectivity index (χ3v) is 2.97. The van der Waals surface area contributed by atoms with Crippen molar-refractivity contribution in [3.8, 4) is 0 Å². The van der Waals surface area contributed by atoms with Crippen LogP contribution in [0.3, 0.4) is 0 Å². The number of nitrogens with zero attached hydrogens (tertiary/aromatic N) is 1. The molecule has 0 amide bonds. The van der Waals surface area contributed by atoms with Crippen LogP contribution in [0.1, 0.15) is 40.5 Å². The van der Waals surface area contributed by atoms with Crippen LogP contribution >= 0.6 is 0 Å². The van der Waals surface area contributed by atoms with E-state index in [1.165, 1.54) is 12.8 Å². The normalized spacial score (nSPS) is 22.4. The van der Waals surface area contributed by atoms with Crippen molar-refractivity contribution < 1.29 is 0 Å². The van der Waals surface area contributed by atoms with Crippen LogP contribution in [0.4, 0.5) is 0 Å². The van der Waals surface area contributed by atoms with Crippen molar-refractivity contribution in [2.45, 2.75) is 52.1 Å². The van der Waals surface area contributed by atoms with Gasteiger partial charge in [-0.3, -0.25) is 4.90 Å². The summed E-state index contributed by atoms with van der Waals surface area (Å²) in [5.74, 6) is 0.985. The van der Waals surface area contributed by atoms with Crippen molar-refractivity contribution >= 4 is 0 Å². The van der Waals surface area contributed by atoms with E-state index in [1.54, 1.807) is 0 Å². The molecule has 0 aromatic carbocycles. The van der Waals surface area contributed by atoms with Crippen LogP contribution in [-0.2, 0) is 0 Å². The maximum atomic E-state index is 2.49. The maximum absolute atomic E-state index is 2.49. The quantitative estimate of drug-likeness (QED) is 0.592. The lowest BCUT2D eigenvalue weighted by Gasteiger charge is -2.37. The zero-order valence-corrected chi connectivity index (χ0v) is 8.52. The smallest absolute Gasteiger partial charge is 0.0124 e. The van der Waals surface area contributed by atoms with Crippen LogP contribution in [0.2, 0.25) is 0 Å². The van der Waals surface area contributed by atoms with E-state index in [9.17, 15) is 0 Å². The van der Waals surface area contributed by atoms with Gasteiger partial charge in [-0.2, -0.15) is 0 Å². The summed E-state index contributed by atoms with van der Waals surface area (Å²) in [5.41, 5.74) is 0.335. The molecule has 0 aliphatic heterocycles. The molecule has 1 aliphatic rings. The van der Waals surface area contributed by atoms with Gasteiger partial charge in [-0.05, 0) is 53.5 Å². The average molecular weight is 155 g/mol. The molecule has 0 N–H and O–H groups in total. The van der Waals surface area contributed by atoms with Gasteiger partial charge in [0, 0.05) is 11.6 Å². The van der Waals surface area contributed by atoms with Gasteiger partial charge in [-0.25, -0.2) is 0 Å². The lowest BCUT2D eigenvalue weighted by molar-refractivity contribution is 0.113. The predicted octanol–water partition coefficient (Wildman–Crippen LogP) is 2.52. The Hall–Kier alpha value is -0.0400. The largest absolute Gasteiger partial charge is 0.299 e. The zero-order chi connectivity index (χ0) is 8.65. The lowest BCUT2D eigenvalue weighted by atomic mass is 10.0. The summed E-state index contributed by atoms with van der Waals surface area (Å²) >= 11 is 0. The van der Waals surface area contributed by atoms with Crippen molar-refractivity contribution in [3.05, 3.63) is 0 Å². The van der Waals surface area contributed by atoms with Gasteiger partial charge in [-0.1, -0.05) is 0 Å². The molecule has 66 valence electrons. The Kier molecular flexibility index (Phi) is 2.29. The van der Waals surface area contributed by atoms with Gasteiger partial charge < -0.3 is 0 Å². The van der Waals surface area contributed by atoms with E-state index >= 15 is 0 Å². The van der Waals surface area contributed by atoms with E-state index in [4.69, 9.17) is 0 Å². The minimum atomic E-state index is 0.335. The molecule has 1 nitrogen and oxygen atoms in total. The highest BCUT2D eigenvalue weighted by atomic mass is 15.2. The molecule has 1 unspecified atom stereocenters. The molecular formula is C10H21N. The molecule has 0 aromatic heterocycles. The van der Waals surface area contributed by atoms with Crippen molar-refractivity contribution in [1.29, 1.82) is 0 Å². The number of hydrogen-bond acceptors (Lipinski definition) is 1. The summed E-state index contributed by atoms with van der Waals surface area (Å²) in [7, 11) is 2.24.